The van der Waals surface area contributed by atoms with Gasteiger partial charge in [-0.3, -0.25) is 0 Å². The molecule has 0 aliphatic heterocycles. The van der Waals surface area contributed by atoms with Crippen LogP contribution in [0.3, 0.4) is 0 Å². The molecule has 106 heavy (non-hydrogen) atoms. The maximum absolute atomic E-state index is 5.26. The van der Waals surface area contributed by atoms with Crippen molar-refractivity contribution in [2.45, 2.75) is 0 Å². The molecule has 0 saturated carbocycles. The Morgan fingerprint density at radius 3 is 1.15 bits per heavy atom. The molecule has 0 aliphatic carbocycles. The van der Waals surface area contributed by atoms with Gasteiger partial charge in [0.2, 0.25) is 0 Å². The van der Waals surface area contributed by atoms with Crippen molar-refractivity contribution in [3.63, 3.8) is 0 Å². The molecule has 0 fully saturated rings. The van der Waals surface area contributed by atoms with Gasteiger partial charge in [-0.2, -0.15) is 0 Å². The molecular formula is C98H58N6S2. The Labute approximate surface area is 617 Å². The van der Waals surface area contributed by atoms with Gasteiger partial charge in [-0.25, -0.2) is 29.9 Å². The molecule has 6 heterocycles. The van der Waals surface area contributed by atoms with Gasteiger partial charge in [0.1, 0.15) is 0 Å². The number of benzene rings is 16. The molecule has 16 aromatic carbocycles. The molecule has 0 N–H and O–H groups in total. The first-order valence-electron chi connectivity index (χ1n) is 35.7. The van der Waals surface area contributed by atoms with Crippen molar-refractivity contribution in [2.75, 3.05) is 0 Å². The van der Waals surface area contributed by atoms with E-state index in [9.17, 15) is 0 Å². The zero-order valence-electron chi connectivity index (χ0n) is 57.0. The Bertz CT molecular complexity index is 7220. The van der Waals surface area contributed by atoms with E-state index in [2.05, 4.69) is 328 Å². The zero-order valence-corrected chi connectivity index (χ0v) is 58.6. The maximum Gasteiger partial charge on any atom is 0.160 e. The fourth-order valence-corrected chi connectivity index (χ4v) is 18.3. The summed E-state index contributed by atoms with van der Waals surface area (Å²) >= 11 is 3.68. The number of hydrogen-bond donors (Lipinski definition) is 0. The highest BCUT2D eigenvalue weighted by molar-refractivity contribution is 7.27. The molecule has 492 valence electrons. The summed E-state index contributed by atoms with van der Waals surface area (Å²) in [5, 5.41) is 19.9. The third-order valence-corrected chi connectivity index (χ3v) is 23.3. The average molecular weight is 1380 g/mol. The minimum atomic E-state index is 0.692. The number of nitrogens with zero attached hydrogens (tertiary/aromatic N) is 6. The summed E-state index contributed by atoms with van der Waals surface area (Å²) in [7, 11) is 0. The lowest BCUT2D eigenvalue weighted by atomic mass is 9.89. The van der Waals surface area contributed by atoms with Gasteiger partial charge in [0.05, 0.1) is 45.2 Å². The van der Waals surface area contributed by atoms with Crippen LogP contribution in [0.5, 0.6) is 0 Å². The summed E-state index contributed by atoms with van der Waals surface area (Å²) in [5.41, 5.74) is 18.3. The fourth-order valence-electron chi connectivity index (χ4n) is 15.8. The Morgan fingerprint density at radius 1 is 0.189 bits per heavy atom. The molecule has 0 unspecified atom stereocenters. The van der Waals surface area contributed by atoms with Crippen LogP contribution in [0.15, 0.2) is 352 Å². The average Bonchev–Trinajstić information content (AvgIpc) is 1.26. The SMILES string of the molecule is c1ccc(-c2cc(-c3cc4ccccc4c4ccccc34)nc(-c3ccc(-c4nc5ccccc5c5sc6ccccc6c45)cc3)n2)cc1.c1ccc(-c2nc(-c3ccc(-c4ccc5ccc6cccc7ccc4c5c67)cc3)cc(-c3ccc(-c4nc5ccccc5c5sc6ccccc6c45)cc3)n2)cc1. The first-order chi connectivity index (χ1) is 52.5. The number of fused-ring (bicyclic) bond motifs is 13. The minimum absolute atomic E-state index is 0.692. The molecule has 0 amide bonds. The second-order valence-corrected chi connectivity index (χ2v) is 29.2. The third kappa shape index (κ3) is 10.4. The van der Waals surface area contributed by atoms with Crippen LogP contribution in [-0.4, -0.2) is 29.9 Å². The molecular weight excluding hydrogens is 1330 g/mol. The number of para-hydroxylation sites is 2. The predicted octanol–water partition coefficient (Wildman–Crippen LogP) is 27.0. The molecule has 6 nitrogen and oxygen atoms in total. The molecule has 22 rings (SSSR count). The summed E-state index contributed by atoms with van der Waals surface area (Å²) < 4.78 is 5.10. The van der Waals surface area contributed by atoms with Crippen molar-refractivity contribution in [3.8, 4) is 101 Å². The normalized spacial score (nSPS) is 11.8. The largest absolute Gasteiger partial charge is 0.247 e. The number of hydrogen-bond acceptors (Lipinski definition) is 8. The zero-order chi connectivity index (χ0) is 69.8. The number of rotatable bonds is 9. The van der Waals surface area contributed by atoms with Crippen molar-refractivity contribution < 1.29 is 0 Å². The topological polar surface area (TPSA) is 77.3 Å². The van der Waals surface area contributed by atoms with Crippen molar-refractivity contribution in [1.29, 1.82) is 0 Å². The van der Waals surface area contributed by atoms with Crippen LogP contribution in [0.4, 0.5) is 0 Å². The lowest BCUT2D eigenvalue weighted by Gasteiger charge is -2.14. The summed E-state index contributed by atoms with van der Waals surface area (Å²) in [6.45, 7) is 0. The highest BCUT2D eigenvalue weighted by Crippen LogP contribution is 2.47. The van der Waals surface area contributed by atoms with Gasteiger partial charge in [-0.1, -0.05) is 309 Å². The lowest BCUT2D eigenvalue weighted by Crippen LogP contribution is -1.97. The van der Waals surface area contributed by atoms with E-state index < -0.39 is 0 Å². The first-order valence-corrected chi connectivity index (χ1v) is 37.3. The van der Waals surface area contributed by atoms with Crippen LogP contribution in [-0.2, 0) is 0 Å². The van der Waals surface area contributed by atoms with Crippen molar-refractivity contribution in [2.24, 2.45) is 0 Å². The lowest BCUT2D eigenvalue weighted by molar-refractivity contribution is 1.18. The summed E-state index contributed by atoms with van der Waals surface area (Å²) in [5.74, 6) is 1.39. The van der Waals surface area contributed by atoms with Gasteiger partial charge >= 0.3 is 0 Å². The molecule has 8 heteroatoms. The van der Waals surface area contributed by atoms with E-state index in [1.54, 1.807) is 0 Å². The summed E-state index contributed by atoms with van der Waals surface area (Å²) in [4.78, 5) is 31.2. The summed E-state index contributed by atoms with van der Waals surface area (Å²) in [6.07, 6.45) is 0. The second-order valence-electron chi connectivity index (χ2n) is 27.1. The van der Waals surface area contributed by atoms with Crippen LogP contribution >= 0.6 is 22.7 Å². The Morgan fingerprint density at radius 2 is 0.575 bits per heavy atom. The van der Waals surface area contributed by atoms with E-state index in [1.165, 1.54) is 116 Å². The standard InChI is InChI=1S/C53H31N3S.C45H27N3S/c1-2-9-39(10-3-1)53-55-45(33-19-17-32(18-20-33)40-29-27-37-24-23-35-11-8-12-36-28-30-41(40)49(37)48(35)36)31-46(56-53)34-21-25-38(26-22-34)51-50-43-14-5-7-16-47(43)57-52(50)42-13-4-6-15-44(42)54-51;1-2-12-28(13-3-1)39-27-40(37-26-31-14-4-5-15-32(31)33-16-6-7-17-34(33)37)48-45(47-39)30-24-22-29(23-25-30)43-42-36-19-9-11-21-41(36)49-44(42)35-18-8-10-20-38(35)46-43/h1-31H;1-27H. The van der Waals surface area contributed by atoms with Crippen LogP contribution in [0.2, 0.25) is 0 Å². The Balaban J connectivity index is 0.000000138. The molecule has 0 saturated heterocycles. The molecule has 0 atom stereocenters. The van der Waals surface area contributed by atoms with E-state index in [0.717, 1.165) is 89.7 Å². The number of thiophene rings is 2. The van der Waals surface area contributed by atoms with E-state index in [4.69, 9.17) is 29.9 Å². The van der Waals surface area contributed by atoms with Crippen molar-refractivity contribution in [3.05, 3.63) is 352 Å². The Hall–Kier alpha value is -13.5. The quantitative estimate of drug-likeness (QED) is 0.134. The third-order valence-electron chi connectivity index (χ3n) is 20.9. The summed E-state index contributed by atoms with van der Waals surface area (Å²) in [6, 6.07) is 125. The fraction of sp³-hybridized carbons (Fsp3) is 0. The predicted molar refractivity (Wildman–Crippen MR) is 448 cm³/mol. The highest BCUT2D eigenvalue weighted by atomic mass is 32.1. The van der Waals surface area contributed by atoms with Crippen LogP contribution in [0, 0.1) is 0 Å². The van der Waals surface area contributed by atoms with Gasteiger partial charge in [0.25, 0.3) is 0 Å². The van der Waals surface area contributed by atoms with Gasteiger partial charge < -0.3 is 0 Å². The first kappa shape index (κ1) is 61.2. The Kier molecular flexibility index (Phi) is 14.5. The van der Waals surface area contributed by atoms with Gasteiger partial charge in [-0.05, 0) is 107 Å². The van der Waals surface area contributed by atoms with Gasteiger partial charge in [0, 0.05) is 95.6 Å². The molecule has 0 spiro atoms. The smallest absolute Gasteiger partial charge is 0.160 e. The number of aromatic nitrogens is 6. The van der Waals surface area contributed by atoms with Gasteiger partial charge in [-0.15, -0.1) is 22.7 Å². The van der Waals surface area contributed by atoms with Crippen molar-refractivity contribution in [1.82, 2.24) is 29.9 Å². The maximum atomic E-state index is 5.26. The van der Waals surface area contributed by atoms with E-state index in [-0.39, 0.29) is 0 Å². The van der Waals surface area contributed by atoms with Crippen LogP contribution in [0.25, 0.3) is 217 Å². The van der Waals surface area contributed by atoms with Gasteiger partial charge in [0.15, 0.2) is 11.6 Å². The molecule has 0 aliphatic rings. The minimum Gasteiger partial charge on any atom is -0.247 e. The van der Waals surface area contributed by atoms with Crippen LogP contribution < -0.4 is 0 Å². The second kappa shape index (κ2) is 25.2. The molecule has 0 radical (unpaired) electrons. The van der Waals surface area contributed by atoms with E-state index in [0.29, 0.717) is 11.6 Å². The van der Waals surface area contributed by atoms with E-state index in [1.807, 2.05) is 46.9 Å². The van der Waals surface area contributed by atoms with Crippen LogP contribution in [0.1, 0.15) is 0 Å². The molecule has 22 aromatic rings. The molecule has 0 bridgehead atoms. The van der Waals surface area contributed by atoms with E-state index >= 15 is 0 Å². The monoisotopic (exact) mass is 1380 g/mol. The molecule has 6 aromatic heterocycles. The van der Waals surface area contributed by atoms with Crippen molar-refractivity contribution >= 4 is 139 Å². The highest BCUT2D eigenvalue weighted by Gasteiger charge is 2.22. The number of pyridine rings is 2.